The van der Waals surface area contributed by atoms with Gasteiger partial charge in [-0.15, -0.1) is 0 Å². The Hall–Kier alpha value is -1.06. The van der Waals surface area contributed by atoms with Gasteiger partial charge in [-0.1, -0.05) is 39.7 Å². The van der Waals surface area contributed by atoms with Crippen molar-refractivity contribution in [3.8, 4) is 11.5 Å². The van der Waals surface area contributed by atoms with Gasteiger partial charge in [-0.2, -0.15) is 0 Å². The predicted octanol–water partition coefficient (Wildman–Crippen LogP) is 5.47. The van der Waals surface area contributed by atoms with Gasteiger partial charge in [0, 0.05) is 22.0 Å². The fraction of sp³-hybridized carbons (Fsp3) is 0.143. The van der Waals surface area contributed by atoms with Gasteiger partial charge in [0.2, 0.25) is 0 Å². The Morgan fingerprint density at radius 2 is 2.00 bits per heavy atom. The van der Waals surface area contributed by atoms with Crippen molar-refractivity contribution >= 4 is 27.5 Å². The highest BCUT2D eigenvalue weighted by atomic mass is 79.9. The minimum Gasteiger partial charge on any atom is -0.457 e. The molecule has 0 atom stereocenters. The zero-order chi connectivity index (χ0) is 13.1. The van der Waals surface area contributed by atoms with Crippen molar-refractivity contribution in [1.29, 1.82) is 0 Å². The van der Waals surface area contributed by atoms with Gasteiger partial charge in [0.05, 0.1) is 0 Å². The maximum Gasteiger partial charge on any atom is 0.133 e. The van der Waals surface area contributed by atoms with Crippen molar-refractivity contribution in [1.82, 2.24) is 0 Å². The summed E-state index contributed by atoms with van der Waals surface area (Å²) in [7, 11) is 0. The molecule has 4 heteroatoms. The summed E-state index contributed by atoms with van der Waals surface area (Å²) in [5.74, 6) is 0.811. The number of benzene rings is 2. The van der Waals surface area contributed by atoms with Gasteiger partial charge < -0.3 is 4.74 Å². The van der Waals surface area contributed by atoms with Crippen LogP contribution in [0.25, 0.3) is 0 Å². The van der Waals surface area contributed by atoms with Crippen molar-refractivity contribution in [2.24, 2.45) is 0 Å². The molecule has 0 amide bonds. The molecule has 2 aromatic carbocycles. The van der Waals surface area contributed by atoms with E-state index < -0.39 is 0 Å². The van der Waals surface area contributed by atoms with E-state index in [9.17, 15) is 4.39 Å². The van der Waals surface area contributed by atoms with E-state index in [-0.39, 0.29) is 5.82 Å². The van der Waals surface area contributed by atoms with Crippen LogP contribution in [0.2, 0.25) is 5.02 Å². The average molecular weight is 330 g/mol. The molecule has 2 rings (SSSR count). The van der Waals surface area contributed by atoms with Gasteiger partial charge >= 0.3 is 0 Å². The summed E-state index contributed by atoms with van der Waals surface area (Å²) < 4.78 is 18.9. The number of alkyl halides is 1. The summed E-state index contributed by atoms with van der Waals surface area (Å²) in [6, 6.07) is 9.87. The Morgan fingerprint density at radius 1 is 1.22 bits per heavy atom. The zero-order valence-corrected chi connectivity index (χ0v) is 12.1. The van der Waals surface area contributed by atoms with E-state index in [2.05, 4.69) is 15.9 Å². The number of halogens is 3. The molecule has 0 N–H and O–H groups in total. The molecule has 18 heavy (non-hydrogen) atoms. The smallest absolute Gasteiger partial charge is 0.133 e. The standard InChI is InChI=1S/C14H11BrClFO/c1-9-5-6-10(17)7-14(9)18-13-4-2-3-12(16)11(13)8-15/h2-7H,8H2,1H3. The monoisotopic (exact) mass is 328 g/mol. The average Bonchev–Trinajstić information content (AvgIpc) is 2.34. The molecular formula is C14H11BrClFO. The maximum absolute atomic E-state index is 13.2. The summed E-state index contributed by atoms with van der Waals surface area (Å²) in [6.07, 6.45) is 0. The van der Waals surface area contributed by atoms with E-state index in [0.29, 0.717) is 21.9 Å². The van der Waals surface area contributed by atoms with Crippen LogP contribution in [0.4, 0.5) is 4.39 Å². The van der Waals surface area contributed by atoms with Crippen LogP contribution in [-0.2, 0) is 5.33 Å². The minimum absolute atomic E-state index is 0.321. The third kappa shape index (κ3) is 2.85. The number of aryl methyl sites for hydroxylation is 1. The molecule has 0 aliphatic carbocycles. The lowest BCUT2D eigenvalue weighted by Gasteiger charge is -2.12. The Balaban J connectivity index is 2.40. The summed E-state index contributed by atoms with van der Waals surface area (Å²) in [5, 5.41) is 1.20. The van der Waals surface area contributed by atoms with Crippen LogP contribution in [0, 0.1) is 12.7 Å². The van der Waals surface area contributed by atoms with Crippen LogP contribution in [-0.4, -0.2) is 0 Å². The first-order chi connectivity index (χ1) is 8.61. The summed E-state index contributed by atoms with van der Waals surface area (Å²) >= 11 is 9.45. The van der Waals surface area contributed by atoms with Gasteiger partial charge in [0.25, 0.3) is 0 Å². The van der Waals surface area contributed by atoms with Crippen LogP contribution in [0.5, 0.6) is 11.5 Å². The Bertz CT molecular complexity index is 572. The fourth-order valence-corrected chi connectivity index (χ4v) is 2.54. The molecule has 0 bridgehead atoms. The molecule has 0 fully saturated rings. The molecule has 0 spiro atoms. The van der Waals surface area contributed by atoms with Crippen LogP contribution in [0.15, 0.2) is 36.4 Å². The summed E-state index contributed by atoms with van der Waals surface area (Å²) in [6.45, 7) is 1.87. The normalized spacial score (nSPS) is 10.4. The SMILES string of the molecule is Cc1ccc(F)cc1Oc1cccc(Cl)c1CBr. The van der Waals surface area contributed by atoms with Crippen LogP contribution in [0.3, 0.4) is 0 Å². The minimum atomic E-state index is -0.321. The highest BCUT2D eigenvalue weighted by Gasteiger charge is 2.09. The molecule has 0 unspecified atom stereocenters. The number of hydrogen-bond donors (Lipinski definition) is 0. The second-order valence-electron chi connectivity index (χ2n) is 3.86. The van der Waals surface area contributed by atoms with Crippen molar-refractivity contribution < 1.29 is 9.13 Å². The fourth-order valence-electron chi connectivity index (χ4n) is 1.57. The van der Waals surface area contributed by atoms with E-state index in [1.165, 1.54) is 12.1 Å². The van der Waals surface area contributed by atoms with Crippen molar-refractivity contribution in [3.05, 3.63) is 58.4 Å². The predicted molar refractivity (Wildman–Crippen MR) is 75.3 cm³/mol. The van der Waals surface area contributed by atoms with E-state index in [1.807, 2.05) is 13.0 Å². The van der Waals surface area contributed by atoms with E-state index >= 15 is 0 Å². The zero-order valence-electron chi connectivity index (χ0n) is 9.71. The summed E-state index contributed by atoms with van der Waals surface area (Å²) in [5.41, 5.74) is 1.72. The Labute approximate surface area is 119 Å². The quantitative estimate of drug-likeness (QED) is 0.678. The van der Waals surface area contributed by atoms with Crippen molar-refractivity contribution in [2.75, 3.05) is 0 Å². The second-order valence-corrected chi connectivity index (χ2v) is 4.83. The van der Waals surface area contributed by atoms with E-state index in [4.69, 9.17) is 16.3 Å². The van der Waals surface area contributed by atoms with E-state index in [1.54, 1.807) is 18.2 Å². The first kappa shape index (κ1) is 13.4. The molecule has 0 saturated heterocycles. The van der Waals surface area contributed by atoms with Crippen LogP contribution >= 0.6 is 27.5 Å². The van der Waals surface area contributed by atoms with Crippen molar-refractivity contribution in [2.45, 2.75) is 12.3 Å². The molecule has 0 aliphatic heterocycles. The van der Waals surface area contributed by atoms with Gasteiger partial charge in [0.1, 0.15) is 17.3 Å². The van der Waals surface area contributed by atoms with Crippen LogP contribution < -0.4 is 4.74 Å². The lowest BCUT2D eigenvalue weighted by atomic mass is 10.2. The van der Waals surface area contributed by atoms with Gasteiger partial charge in [-0.3, -0.25) is 0 Å². The highest BCUT2D eigenvalue weighted by molar-refractivity contribution is 9.08. The first-order valence-corrected chi connectivity index (χ1v) is 6.89. The topological polar surface area (TPSA) is 9.23 Å². The first-order valence-electron chi connectivity index (χ1n) is 5.39. The lowest BCUT2D eigenvalue weighted by Crippen LogP contribution is -1.93. The largest absolute Gasteiger partial charge is 0.457 e. The van der Waals surface area contributed by atoms with Gasteiger partial charge in [0.15, 0.2) is 0 Å². The number of hydrogen-bond acceptors (Lipinski definition) is 1. The molecule has 94 valence electrons. The molecule has 1 nitrogen and oxygen atoms in total. The third-order valence-electron chi connectivity index (χ3n) is 2.58. The number of ether oxygens (including phenoxy) is 1. The molecule has 0 heterocycles. The summed E-state index contributed by atoms with van der Waals surface area (Å²) in [4.78, 5) is 0. The highest BCUT2D eigenvalue weighted by Crippen LogP contribution is 2.33. The Morgan fingerprint density at radius 3 is 2.72 bits per heavy atom. The second kappa shape index (κ2) is 5.72. The van der Waals surface area contributed by atoms with Crippen LogP contribution in [0.1, 0.15) is 11.1 Å². The van der Waals surface area contributed by atoms with Gasteiger partial charge in [-0.25, -0.2) is 4.39 Å². The lowest BCUT2D eigenvalue weighted by molar-refractivity contribution is 0.469. The molecule has 0 saturated carbocycles. The molecular weight excluding hydrogens is 319 g/mol. The third-order valence-corrected chi connectivity index (χ3v) is 3.49. The maximum atomic E-state index is 13.2. The molecule has 0 aliphatic rings. The molecule has 2 aromatic rings. The Kier molecular flexibility index (Phi) is 4.25. The van der Waals surface area contributed by atoms with Gasteiger partial charge in [-0.05, 0) is 30.7 Å². The number of rotatable bonds is 3. The molecule has 0 aromatic heterocycles. The van der Waals surface area contributed by atoms with Crippen molar-refractivity contribution in [3.63, 3.8) is 0 Å². The molecule has 0 radical (unpaired) electrons. The van der Waals surface area contributed by atoms with E-state index in [0.717, 1.165) is 11.1 Å².